The molecule has 13 heteroatoms. The van der Waals surface area contributed by atoms with Crippen molar-refractivity contribution in [3.63, 3.8) is 0 Å². The zero-order valence-electron chi connectivity index (χ0n) is 16.4. The minimum absolute atomic E-state index is 0.0223. The molecule has 0 radical (unpaired) electrons. The van der Waals surface area contributed by atoms with Crippen LogP contribution in [-0.2, 0) is 23.1 Å². The predicted molar refractivity (Wildman–Crippen MR) is 98.9 cm³/mol. The van der Waals surface area contributed by atoms with Gasteiger partial charge in [0.2, 0.25) is 0 Å². The maximum atomic E-state index is 12.7. The fraction of sp³-hybridized carbons (Fsp3) is 0.529. The second-order valence-electron chi connectivity index (χ2n) is 6.32. The van der Waals surface area contributed by atoms with E-state index >= 15 is 0 Å². The van der Waals surface area contributed by atoms with Gasteiger partial charge in [-0.2, -0.15) is 23.1 Å². The van der Waals surface area contributed by atoms with Crippen molar-refractivity contribution in [3.8, 4) is 17.9 Å². The Morgan fingerprint density at radius 3 is 2.73 bits per heavy atom. The maximum absolute atomic E-state index is 12.7. The van der Waals surface area contributed by atoms with Crippen LogP contribution < -0.4 is 20.6 Å². The molecule has 10 nitrogen and oxygen atoms in total. The lowest BCUT2D eigenvalue weighted by molar-refractivity contribution is -0.205. The van der Waals surface area contributed by atoms with E-state index in [2.05, 4.69) is 31.9 Å². The number of ether oxygens (including phenoxy) is 2. The average molecular weight is 428 g/mol. The van der Waals surface area contributed by atoms with Gasteiger partial charge in [-0.05, 0) is 6.92 Å². The van der Waals surface area contributed by atoms with Gasteiger partial charge in [0, 0.05) is 20.1 Å². The van der Waals surface area contributed by atoms with E-state index in [1.54, 1.807) is 6.92 Å². The summed E-state index contributed by atoms with van der Waals surface area (Å²) in [4.78, 5) is 34.0. The van der Waals surface area contributed by atoms with Crippen LogP contribution in [0.25, 0.3) is 11.2 Å². The lowest BCUT2D eigenvalue weighted by Gasteiger charge is -2.36. The first kappa shape index (κ1) is 21.4. The molecule has 0 aromatic carbocycles. The van der Waals surface area contributed by atoms with E-state index in [1.165, 1.54) is 28.2 Å². The first-order valence-electron chi connectivity index (χ1n) is 8.85. The number of nitrogens with one attached hydrogen (secondary N) is 1. The number of alkyl halides is 3. The summed E-state index contributed by atoms with van der Waals surface area (Å²) in [5.74, 6) is 3.26. The van der Waals surface area contributed by atoms with E-state index < -0.39 is 24.1 Å². The van der Waals surface area contributed by atoms with E-state index in [-0.39, 0.29) is 42.6 Å². The number of hydrogen-bond acceptors (Lipinski definition) is 8. The molecule has 2 aromatic heterocycles. The first-order chi connectivity index (χ1) is 14.2. The molecule has 2 aromatic rings. The number of imidazole rings is 1. The van der Waals surface area contributed by atoms with E-state index in [0.717, 1.165) is 0 Å². The number of hydrogen-bond donors (Lipinski definition) is 1. The van der Waals surface area contributed by atoms with E-state index in [0.29, 0.717) is 6.54 Å². The number of esters is 1. The number of rotatable bonds is 4. The quantitative estimate of drug-likeness (QED) is 0.537. The first-order valence-corrected chi connectivity index (χ1v) is 8.85. The smallest absolute Gasteiger partial charge is 0.467 e. The summed E-state index contributed by atoms with van der Waals surface area (Å²) in [7, 11) is 2.82. The van der Waals surface area contributed by atoms with Crippen molar-refractivity contribution in [1.82, 2.24) is 24.4 Å². The molecule has 1 saturated heterocycles. The van der Waals surface area contributed by atoms with Crippen LogP contribution in [0.4, 0.5) is 19.0 Å². The molecular formula is C17H19F3N6O4. The number of fused-ring (bicyclic) bond motifs is 1. The van der Waals surface area contributed by atoms with Crippen LogP contribution >= 0.6 is 0 Å². The van der Waals surface area contributed by atoms with Crippen molar-refractivity contribution < 1.29 is 27.4 Å². The molecule has 30 heavy (non-hydrogen) atoms. The summed E-state index contributed by atoms with van der Waals surface area (Å²) >= 11 is 0. The highest BCUT2D eigenvalue weighted by Gasteiger charge is 2.44. The fourth-order valence-electron chi connectivity index (χ4n) is 3.07. The van der Waals surface area contributed by atoms with Gasteiger partial charge in [0.05, 0.1) is 20.2 Å². The number of piperazine rings is 1. The molecule has 3 heterocycles. The second-order valence-corrected chi connectivity index (χ2v) is 6.32. The van der Waals surface area contributed by atoms with Gasteiger partial charge in [-0.25, -0.2) is 9.59 Å². The average Bonchev–Trinajstić information content (AvgIpc) is 2.95. The van der Waals surface area contributed by atoms with Crippen LogP contribution in [0.5, 0.6) is 6.01 Å². The van der Waals surface area contributed by atoms with Crippen LogP contribution in [0.3, 0.4) is 0 Å². The van der Waals surface area contributed by atoms with Crippen molar-refractivity contribution in [3.05, 3.63) is 10.5 Å². The topological polar surface area (TPSA) is 104 Å². The third-order valence-corrected chi connectivity index (χ3v) is 4.47. The molecule has 1 unspecified atom stereocenters. The number of methoxy groups -OCH3 is 1. The van der Waals surface area contributed by atoms with Gasteiger partial charge in [-0.3, -0.25) is 9.13 Å². The highest BCUT2D eigenvalue weighted by molar-refractivity contribution is 5.85. The van der Waals surface area contributed by atoms with Crippen molar-refractivity contribution >= 4 is 23.0 Å². The Kier molecular flexibility index (Phi) is 5.88. The molecule has 0 aliphatic carbocycles. The van der Waals surface area contributed by atoms with Gasteiger partial charge in [0.25, 0.3) is 0 Å². The van der Waals surface area contributed by atoms with E-state index in [1.807, 2.05) is 0 Å². The summed E-state index contributed by atoms with van der Waals surface area (Å²) in [6, 6.07) is -0.0914. The third-order valence-electron chi connectivity index (χ3n) is 4.47. The molecule has 0 spiro atoms. The molecule has 3 rings (SSSR count). The molecule has 1 fully saturated rings. The van der Waals surface area contributed by atoms with Crippen molar-refractivity contribution in [1.29, 1.82) is 0 Å². The van der Waals surface area contributed by atoms with Crippen molar-refractivity contribution in [2.75, 3.05) is 31.6 Å². The van der Waals surface area contributed by atoms with Crippen LogP contribution in [-0.4, -0.2) is 64.2 Å². The van der Waals surface area contributed by atoms with Crippen LogP contribution in [0.2, 0.25) is 0 Å². The number of carbonyl (C=O) groups is 1. The van der Waals surface area contributed by atoms with Gasteiger partial charge in [0.15, 0.2) is 17.7 Å². The number of aryl methyl sites for hydroxylation is 1. The van der Waals surface area contributed by atoms with E-state index in [4.69, 9.17) is 4.74 Å². The maximum Gasteiger partial charge on any atom is 0.491 e. The summed E-state index contributed by atoms with van der Waals surface area (Å²) < 4.78 is 50.6. The number of halogens is 3. The standard InChI is InChI=1S/C17H19F3N6O4/c1-4-5-7-26-11-12(24(2)16(26)28)22-15(29-3)23-13(11)25-8-6-21-9-10(25)30-14(27)17(18,19)20/h10,21H,6-9H2,1-3H3. The van der Waals surface area contributed by atoms with Gasteiger partial charge in [-0.1, -0.05) is 5.92 Å². The molecule has 1 aliphatic rings. The number of carbonyl (C=O) groups excluding carboxylic acids is 1. The summed E-state index contributed by atoms with van der Waals surface area (Å²) in [5, 5.41) is 2.88. The number of anilines is 1. The zero-order chi connectivity index (χ0) is 22.1. The zero-order valence-corrected chi connectivity index (χ0v) is 16.4. The Hall–Kier alpha value is -3.27. The summed E-state index contributed by atoms with van der Waals surface area (Å²) in [6.45, 7) is 2.11. The fourth-order valence-corrected chi connectivity index (χ4v) is 3.07. The molecule has 0 saturated carbocycles. The molecule has 0 amide bonds. The Labute approximate surface area is 168 Å². The number of aromatic nitrogens is 4. The van der Waals surface area contributed by atoms with Crippen LogP contribution in [0.15, 0.2) is 4.79 Å². The Bertz CT molecular complexity index is 1080. The lowest BCUT2D eigenvalue weighted by atomic mass is 10.3. The minimum atomic E-state index is -5.15. The van der Waals surface area contributed by atoms with Gasteiger partial charge in [-0.15, -0.1) is 5.92 Å². The lowest BCUT2D eigenvalue weighted by Crippen LogP contribution is -2.54. The normalized spacial score (nSPS) is 16.9. The van der Waals surface area contributed by atoms with Gasteiger partial charge in [0.1, 0.15) is 5.52 Å². The SMILES string of the molecule is CC#CCn1c(=O)n(C)c2nc(OC)nc(N3CCNCC3OC(=O)C(F)(F)F)c21. The third kappa shape index (κ3) is 3.90. The largest absolute Gasteiger partial charge is 0.491 e. The molecule has 1 atom stereocenters. The van der Waals surface area contributed by atoms with Crippen LogP contribution in [0.1, 0.15) is 6.92 Å². The Balaban J connectivity index is 2.18. The highest BCUT2D eigenvalue weighted by atomic mass is 19.4. The highest BCUT2D eigenvalue weighted by Crippen LogP contribution is 2.29. The Morgan fingerprint density at radius 1 is 1.37 bits per heavy atom. The Morgan fingerprint density at radius 2 is 2.10 bits per heavy atom. The molecule has 1 aliphatic heterocycles. The minimum Gasteiger partial charge on any atom is -0.467 e. The monoisotopic (exact) mass is 428 g/mol. The summed E-state index contributed by atoms with van der Waals surface area (Å²) in [5.41, 5.74) is 0.0238. The summed E-state index contributed by atoms with van der Waals surface area (Å²) in [6.07, 6.45) is -6.45. The second kappa shape index (κ2) is 8.23. The molecule has 162 valence electrons. The van der Waals surface area contributed by atoms with E-state index in [9.17, 15) is 22.8 Å². The predicted octanol–water partition coefficient (Wildman–Crippen LogP) is 0.00310. The molecular weight excluding hydrogens is 409 g/mol. The molecule has 1 N–H and O–H groups in total. The van der Waals surface area contributed by atoms with Gasteiger partial charge < -0.3 is 19.7 Å². The van der Waals surface area contributed by atoms with Gasteiger partial charge >= 0.3 is 23.8 Å². The van der Waals surface area contributed by atoms with Crippen molar-refractivity contribution in [2.24, 2.45) is 7.05 Å². The number of nitrogens with zero attached hydrogens (tertiary/aromatic N) is 5. The van der Waals surface area contributed by atoms with Crippen LogP contribution in [0, 0.1) is 11.8 Å². The molecule has 0 bridgehead atoms. The van der Waals surface area contributed by atoms with Crippen molar-refractivity contribution in [2.45, 2.75) is 25.9 Å².